The summed E-state index contributed by atoms with van der Waals surface area (Å²) in [6.07, 6.45) is 2.69. The van der Waals surface area contributed by atoms with Gasteiger partial charge in [-0.1, -0.05) is 0 Å². The van der Waals surface area contributed by atoms with Gasteiger partial charge >= 0.3 is 0 Å². The maximum absolute atomic E-state index is 11.4. The fourth-order valence-corrected chi connectivity index (χ4v) is 1.73. The fourth-order valence-electron chi connectivity index (χ4n) is 1.73. The Labute approximate surface area is 91.8 Å². The van der Waals surface area contributed by atoms with E-state index in [1.54, 1.807) is 0 Å². The molecule has 0 aromatic rings. The number of piperidine rings is 1. The van der Waals surface area contributed by atoms with Gasteiger partial charge in [-0.05, 0) is 26.7 Å². The summed E-state index contributed by atoms with van der Waals surface area (Å²) >= 11 is 0. The Morgan fingerprint density at radius 3 is 2.93 bits per heavy atom. The molecule has 0 aromatic heterocycles. The summed E-state index contributed by atoms with van der Waals surface area (Å²) in [6, 6.07) is 0.886. The van der Waals surface area contributed by atoms with Gasteiger partial charge < -0.3 is 15.4 Å². The highest BCUT2D eigenvalue weighted by molar-refractivity contribution is 5.76. The third kappa shape index (κ3) is 5.14. The zero-order chi connectivity index (χ0) is 11.1. The predicted octanol–water partition coefficient (Wildman–Crippen LogP) is 0.670. The SMILES string of the molecule is CCOCCC(=O)NC1CCC(C)NC1. The summed E-state index contributed by atoms with van der Waals surface area (Å²) in [6.45, 7) is 6.20. The van der Waals surface area contributed by atoms with Crippen molar-refractivity contribution in [3.63, 3.8) is 0 Å². The van der Waals surface area contributed by atoms with Gasteiger partial charge in [0.2, 0.25) is 5.91 Å². The Kier molecular flexibility index (Phi) is 5.65. The van der Waals surface area contributed by atoms with Crippen molar-refractivity contribution in [2.75, 3.05) is 19.8 Å². The first-order valence-corrected chi connectivity index (χ1v) is 5.83. The first-order chi connectivity index (χ1) is 7.22. The van der Waals surface area contributed by atoms with E-state index in [2.05, 4.69) is 17.6 Å². The quantitative estimate of drug-likeness (QED) is 0.661. The van der Waals surface area contributed by atoms with E-state index in [0.29, 0.717) is 31.7 Å². The molecule has 15 heavy (non-hydrogen) atoms. The van der Waals surface area contributed by atoms with Crippen LogP contribution >= 0.6 is 0 Å². The molecule has 2 N–H and O–H groups in total. The molecule has 1 heterocycles. The largest absolute Gasteiger partial charge is 0.381 e. The van der Waals surface area contributed by atoms with E-state index in [1.807, 2.05) is 6.92 Å². The van der Waals surface area contributed by atoms with Gasteiger partial charge in [0, 0.05) is 31.7 Å². The van der Waals surface area contributed by atoms with Gasteiger partial charge in [-0.15, -0.1) is 0 Å². The van der Waals surface area contributed by atoms with E-state index in [-0.39, 0.29) is 5.91 Å². The Morgan fingerprint density at radius 2 is 2.33 bits per heavy atom. The first kappa shape index (κ1) is 12.5. The second-order valence-electron chi connectivity index (χ2n) is 4.10. The molecule has 0 radical (unpaired) electrons. The molecule has 0 bridgehead atoms. The Morgan fingerprint density at radius 1 is 1.53 bits per heavy atom. The van der Waals surface area contributed by atoms with Crippen LogP contribution in [-0.2, 0) is 9.53 Å². The van der Waals surface area contributed by atoms with Gasteiger partial charge in [0.05, 0.1) is 6.61 Å². The lowest BCUT2D eigenvalue weighted by Gasteiger charge is -2.28. The summed E-state index contributed by atoms with van der Waals surface area (Å²) < 4.78 is 5.13. The molecule has 0 spiro atoms. The molecular weight excluding hydrogens is 192 g/mol. The molecule has 1 fully saturated rings. The highest BCUT2D eigenvalue weighted by Crippen LogP contribution is 2.07. The molecule has 1 aliphatic heterocycles. The maximum atomic E-state index is 11.4. The van der Waals surface area contributed by atoms with E-state index in [9.17, 15) is 4.79 Å². The predicted molar refractivity (Wildman–Crippen MR) is 59.7 cm³/mol. The number of rotatable bonds is 5. The molecule has 1 amide bonds. The Bertz CT molecular complexity index is 189. The molecule has 0 saturated carbocycles. The van der Waals surface area contributed by atoms with Crippen molar-refractivity contribution in [3.8, 4) is 0 Å². The number of amides is 1. The minimum atomic E-state index is 0.102. The number of nitrogens with one attached hydrogen (secondary N) is 2. The normalized spacial score (nSPS) is 26.3. The van der Waals surface area contributed by atoms with E-state index in [1.165, 1.54) is 0 Å². The topological polar surface area (TPSA) is 50.4 Å². The lowest BCUT2D eigenvalue weighted by atomic mass is 10.0. The van der Waals surface area contributed by atoms with Gasteiger partial charge in [0.25, 0.3) is 0 Å². The van der Waals surface area contributed by atoms with Gasteiger partial charge in [-0.3, -0.25) is 4.79 Å². The highest BCUT2D eigenvalue weighted by atomic mass is 16.5. The first-order valence-electron chi connectivity index (χ1n) is 5.83. The van der Waals surface area contributed by atoms with Crippen molar-refractivity contribution >= 4 is 5.91 Å². The summed E-state index contributed by atoms with van der Waals surface area (Å²) in [7, 11) is 0. The van der Waals surface area contributed by atoms with E-state index in [0.717, 1.165) is 19.4 Å². The number of ether oxygens (including phenoxy) is 1. The second-order valence-corrected chi connectivity index (χ2v) is 4.10. The van der Waals surface area contributed by atoms with Crippen LogP contribution in [0.3, 0.4) is 0 Å². The lowest BCUT2D eigenvalue weighted by molar-refractivity contribution is -0.123. The number of hydrogen-bond donors (Lipinski definition) is 2. The van der Waals surface area contributed by atoms with E-state index < -0.39 is 0 Å². The molecule has 1 rings (SSSR count). The smallest absolute Gasteiger partial charge is 0.222 e. The minimum absolute atomic E-state index is 0.102. The van der Waals surface area contributed by atoms with Gasteiger partial charge in [-0.2, -0.15) is 0 Å². The Hall–Kier alpha value is -0.610. The van der Waals surface area contributed by atoms with Crippen LogP contribution in [-0.4, -0.2) is 37.7 Å². The molecule has 0 aliphatic carbocycles. The molecule has 2 unspecified atom stereocenters. The van der Waals surface area contributed by atoms with Gasteiger partial charge in [0.15, 0.2) is 0 Å². The van der Waals surface area contributed by atoms with Crippen LogP contribution in [0.2, 0.25) is 0 Å². The summed E-state index contributed by atoms with van der Waals surface area (Å²) in [5.41, 5.74) is 0. The molecular formula is C11H22N2O2. The van der Waals surface area contributed by atoms with Crippen LogP contribution in [0.4, 0.5) is 0 Å². The fraction of sp³-hybridized carbons (Fsp3) is 0.909. The monoisotopic (exact) mass is 214 g/mol. The molecule has 2 atom stereocenters. The van der Waals surface area contributed by atoms with Crippen molar-refractivity contribution in [2.45, 2.75) is 45.2 Å². The maximum Gasteiger partial charge on any atom is 0.222 e. The van der Waals surface area contributed by atoms with Crippen LogP contribution < -0.4 is 10.6 Å². The van der Waals surface area contributed by atoms with Crippen molar-refractivity contribution in [3.05, 3.63) is 0 Å². The van der Waals surface area contributed by atoms with E-state index >= 15 is 0 Å². The van der Waals surface area contributed by atoms with E-state index in [4.69, 9.17) is 4.74 Å². The summed E-state index contributed by atoms with van der Waals surface area (Å²) in [5.74, 6) is 0.102. The van der Waals surface area contributed by atoms with Gasteiger partial charge in [0.1, 0.15) is 0 Å². The molecule has 4 heteroatoms. The van der Waals surface area contributed by atoms with Crippen LogP contribution in [0.5, 0.6) is 0 Å². The lowest BCUT2D eigenvalue weighted by Crippen LogP contribution is -2.48. The highest BCUT2D eigenvalue weighted by Gasteiger charge is 2.18. The third-order valence-corrected chi connectivity index (χ3v) is 2.70. The zero-order valence-corrected chi connectivity index (χ0v) is 9.71. The van der Waals surface area contributed by atoms with Crippen LogP contribution in [0.15, 0.2) is 0 Å². The Balaban J connectivity index is 2.09. The van der Waals surface area contributed by atoms with Gasteiger partial charge in [-0.25, -0.2) is 0 Å². The summed E-state index contributed by atoms with van der Waals surface area (Å²) in [5, 5.41) is 6.38. The van der Waals surface area contributed by atoms with Crippen molar-refractivity contribution < 1.29 is 9.53 Å². The van der Waals surface area contributed by atoms with Crippen LogP contribution in [0.25, 0.3) is 0 Å². The van der Waals surface area contributed by atoms with Crippen molar-refractivity contribution in [1.82, 2.24) is 10.6 Å². The molecule has 1 aliphatic rings. The number of hydrogen-bond acceptors (Lipinski definition) is 3. The number of carbonyl (C=O) groups excluding carboxylic acids is 1. The van der Waals surface area contributed by atoms with Crippen molar-refractivity contribution in [1.29, 1.82) is 0 Å². The molecule has 4 nitrogen and oxygen atoms in total. The third-order valence-electron chi connectivity index (χ3n) is 2.70. The van der Waals surface area contributed by atoms with Crippen LogP contribution in [0, 0.1) is 0 Å². The second kappa shape index (κ2) is 6.80. The molecule has 88 valence electrons. The molecule has 1 saturated heterocycles. The molecule has 0 aromatic carbocycles. The van der Waals surface area contributed by atoms with Crippen molar-refractivity contribution in [2.24, 2.45) is 0 Å². The standard InChI is InChI=1S/C11H22N2O2/c1-3-15-7-6-11(14)13-10-5-4-9(2)12-8-10/h9-10,12H,3-8H2,1-2H3,(H,13,14). The average Bonchev–Trinajstić information content (AvgIpc) is 2.22. The average molecular weight is 214 g/mol. The zero-order valence-electron chi connectivity index (χ0n) is 9.71. The number of carbonyl (C=O) groups is 1. The summed E-state index contributed by atoms with van der Waals surface area (Å²) in [4.78, 5) is 11.4. The minimum Gasteiger partial charge on any atom is -0.381 e. The van der Waals surface area contributed by atoms with Crippen LogP contribution in [0.1, 0.15) is 33.1 Å².